The predicted octanol–water partition coefficient (Wildman–Crippen LogP) is 4.62. The van der Waals surface area contributed by atoms with Gasteiger partial charge in [-0.25, -0.2) is 13.4 Å². The molecule has 0 fully saturated rings. The van der Waals surface area contributed by atoms with Crippen molar-refractivity contribution in [3.05, 3.63) is 66.2 Å². The number of nitrogens with one attached hydrogen (secondary N) is 1. The Labute approximate surface area is 174 Å². The van der Waals surface area contributed by atoms with E-state index >= 15 is 0 Å². The third-order valence-corrected chi connectivity index (χ3v) is 5.97. The van der Waals surface area contributed by atoms with E-state index in [0.29, 0.717) is 28.4 Å². The van der Waals surface area contributed by atoms with E-state index in [2.05, 4.69) is 9.71 Å². The van der Waals surface area contributed by atoms with Gasteiger partial charge in [-0.3, -0.25) is 4.72 Å². The Morgan fingerprint density at radius 1 is 0.967 bits per heavy atom. The highest BCUT2D eigenvalue weighted by atomic mass is 32.2. The van der Waals surface area contributed by atoms with Gasteiger partial charge in [-0.1, -0.05) is 17.7 Å². The molecule has 0 aliphatic carbocycles. The first kappa shape index (κ1) is 19.8. The van der Waals surface area contributed by atoms with Crippen LogP contribution in [0.5, 0.6) is 11.5 Å². The Morgan fingerprint density at radius 2 is 1.80 bits per heavy atom. The Balaban J connectivity index is 1.69. The molecule has 30 heavy (non-hydrogen) atoms. The quantitative estimate of drug-likeness (QED) is 0.486. The first-order valence-corrected chi connectivity index (χ1v) is 10.6. The van der Waals surface area contributed by atoms with Gasteiger partial charge in [-0.2, -0.15) is 0 Å². The number of aryl methyl sites for hydroxylation is 1. The van der Waals surface area contributed by atoms with Gasteiger partial charge in [0.2, 0.25) is 5.89 Å². The lowest BCUT2D eigenvalue weighted by Crippen LogP contribution is -2.14. The van der Waals surface area contributed by atoms with E-state index in [1.807, 2.05) is 31.2 Å². The molecular formula is C22H20N2O5S. The molecule has 4 aromatic rings. The zero-order valence-corrected chi connectivity index (χ0v) is 17.5. The zero-order valence-electron chi connectivity index (χ0n) is 16.7. The molecule has 0 atom stereocenters. The molecule has 0 amide bonds. The van der Waals surface area contributed by atoms with Crippen molar-refractivity contribution >= 4 is 26.8 Å². The van der Waals surface area contributed by atoms with E-state index in [-0.39, 0.29) is 10.6 Å². The van der Waals surface area contributed by atoms with Gasteiger partial charge in [0.05, 0.1) is 19.9 Å². The van der Waals surface area contributed by atoms with Gasteiger partial charge in [0.15, 0.2) is 5.58 Å². The Bertz CT molecular complexity index is 1330. The zero-order chi connectivity index (χ0) is 21.3. The minimum absolute atomic E-state index is 0.0255. The van der Waals surface area contributed by atoms with Crippen LogP contribution >= 0.6 is 0 Å². The molecule has 1 heterocycles. The highest BCUT2D eigenvalue weighted by Gasteiger charge is 2.21. The van der Waals surface area contributed by atoms with Crippen LogP contribution in [0.25, 0.3) is 22.6 Å². The fourth-order valence-corrected chi connectivity index (χ4v) is 4.33. The number of ether oxygens (including phenoxy) is 2. The molecular weight excluding hydrogens is 404 g/mol. The van der Waals surface area contributed by atoms with Crippen molar-refractivity contribution in [1.29, 1.82) is 0 Å². The molecule has 4 rings (SSSR count). The van der Waals surface area contributed by atoms with E-state index in [4.69, 9.17) is 13.9 Å². The fourth-order valence-electron chi connectivity index (χ4n) is 3.09. The second-order valence-electron chi connectivity index (χ2n) is 6.69. The number of nitrogens with zero attached hydrogens (tertiary/aromatic N) is 1. The van der Waals surface area contributed by atoms with Gasteiger partial charge in [0.25, 0.3) is 10.0 Å². The molecule has 0 saturated carbocycles. The normalized spacial score (nSPS) is 11.4. The summed E-state index contributed by atoms with van der Waals surface area (Å²) >= 11 is 0. The van der Waals surface area contributed by atoms with Crippen LogP contribution in [0.3, 0.4) is 0 Å². The monoisotopic (exact) mass is 424 g/mol. The summed E-state index contributed by atoms with van der Waals surface area (Å²) in [6.07, 6.45) is 0. The van der Waals surface area contributed by atoms with Crippen LogP contribution in [0.15, 0.2) is 70.0 Å². The number of sulfonamides is 1. The Kier molecular flexibility index (Phi) is 5.09. The predicted molar refractivity (Wildman–Crippen MR) is 115 cm³/mol. The third kappa shape index (κ3) is 3.81. The summed E-state index contributed by atoms with van der Waals surface area (Å²) < 4.78 is 44.7. The molecule has 0 saturated heterocycles. The van der Waals surface area contributed by atoms with Gasteiger partial charge >= 0.3 is 0 Å². The lowest BCUT2D eigenvalue weighted by Gasteiger charge is -2.12. The molecule has 154 valence electrons. The van der Waals surface area contributed by atoms with Gasteiger partial charge in [0, 0.05) is 17.7 Å². The van der Waals surface area contributed by atoms with Gasteiger partial charge in [-0.15, -0.1) is 0 Å². The van der Waals surface area contributed by atoms with Gasteiger partial charge in [-0.05, 0) is 43.3 Å². The van der Waals surface area contributed by atoms with Crippen LogP contribution in [0.4, 0.5) is 5.69 Å². The fraction of sp³-hybridized carbons (Fsp3) is 0.136. The van der Waals surface area contributed by atoms with Crippen molar-refractivity contribution in [1.82, 2.24) is 4.98 Å². The number of oxazole rings is 1. The topological polar surface area (TPSA) is 90.7 Å². The highest BCUT2D eigenvalue weighted by Crippen LogP contribution is 2.31. The summed E-state index contributed by atoms with van der Waals surface area (Å²) in [6.45, 7) is 1.99. The number of hydrogen-bond donors (Lipinski definition) is 1. The first-order chi connectivity index (χ1) is 14.4. The Morgan fingerprint density at radius 3 is 2.53 bits per heavy atom. The van der Waals surface area contributed by atoms with E-state index in [9.17, 15) is 8.42 Å². The number of anilines is 1. The molecule has 0 spiro atoms. The van der Waals surface area contributed by atoms with Crippen LogP contribution < -0.4 is 14.2 Å². The average Bonchev–Trinajstić information content (AvgIpc) is 3.16. The largest absolute Gasteiger partial charge is 0.497 e. The average molecular weight is 424 g/mol. The lowest BCUT2D eigenvalue weighted by atomic mass is 10.1. The molecule has 7 nitrogen and oxygen atoms in total. The molecule has 0 aliphatic rings. The van der Waals surface area contributed by atoms with Gasteiger partial charge < -0.3 is 13.9 Å². The molecule has 1 aromatic heterocycles. The maximum atomic E-state index is 13.0. The summed E-state index contributed by atoms with van der Waals surface area (Å²) in [6, 6.07) is 17.3. The van der Waals surface area contributed by atoms with Crippen LogP contribution in [-0.2, 0) is 10.0 Å². The maximum absolute atomic E-state index is 13.0. The summed E-state index contributed by atoms with van der Waals surface area (Å²) in [4.78, 5) is 4.46. The molecule has 0 bridgehead atoms. The molecule has 8 heteroatoms. The lowest BCUT2D eigenvalue weighted by molar-refractivity contribution is 0.392. The second kappa shape index (κ2) is 7.72. The van der Waals surface area contributed by atoms with Crippen LogP contribution in [0.1, 0.15) is 5.56 Å². The van der Waals surface area contributed by atoms with Crippen LogP contribution in [0.2, 0.25) is 0 Å². The van der Waals surface area contributed by atoms with Crippen molar-refractivity contribution in [3.8, 4) is 23.0 Å². The first-order valence-electron chi connectivity index (χ1n) is 9.12. The SMILES string of the molecule is COc1ccc(OC)c(S(=O)(=O)Nc2ccc3nc(-c4cccc(C)c4)oc3c2)c1. The minimum Gasteiger partial charge on any atom is -0.497 e. The van der Waals surface area contributed by atoms with Crippen molar-refractivity contribution < 1.29 is 22.3 Å². The standard InChI is InChI=1S/C22H20N2O5S/c1-14-5-4-6-15(11-14)22-23-18-9-7-16(12-20(18)29-22)24-30(25,26)21-13-17(27-2)8-10-19(21)28-3/h4-13,24H,1-3H3. The minimum atomic E-state index is -3.93. The molecule has 3 aromatic carbocycles. The number of methoxy groups -OCH3 is 2. The molecule has 0 unspecified atom stereocenters. The summed E-state index contributed by atoms with van der Waals surface area (Å²) in [7, 11) is -1.05. The third-order valence-electron chi connectivity index (χ3n) is 4.57. The van der Waals surface area contributed by atoms with Crippen LogP contribution in [0, 0.1) is 6.92 Å². The highest BCUT2D eigenvalue weighted by molar-refractivity contribution is 7.92. The van der Waals surface area contributed by atoms with Gasteiger partial charge in [0.1, 0.15) is 21.9 Å². The maximum Gasteiger partial charge on any atom is 0.265 e. The van der Waals surface area contributed by atoms with Crippen molar-refractivity contribution in [3.63, 3.8) is 0 Å². The molecule has 0 aliphatic heterocycles. The molecule has 0 radical (unpaired) electrons. The number of hydrogen-bond acceptors (Lipinski definition) is 6. The summed E-state index contributed by atoms with van der Waals surface area (Å²) in [5, 5.41) is 0. The van der Waals surface area contributed by atoms with Crippen molar-refractivity contribution in [2.24, 2.45) is 0 Å². The summed E-state index contributed by atoms with van der Waals surface area (Å²) in [5.74, 6) is 1.10. The number of benzene rings is 3. The smallest absolute Gasteiger partial charge is 0.265 e. The van der Waals surface area contributed by atoms with Crippen LogP contribution in [-0.4, -0.2) is 27.6 Å². The van der Waals surface area contributed by atoms with E-state index in [0.717, 1.165) is 11.1 Å². The second-order valence-corrected chi connectivity index (χ2v) is 8.34. The van der Waals surface area contributed by atoms with E-state index in [1.165, 1.54) is 20.3 Å². The number of rotatable bonds is 6. The molecule has 1 N–H and O–H groups in total. The number of fused-ring (bicyclic) bond motifs is 1. The van der Waals surface area contributed by atoms with Crippen molar-refractivity contribution in [2.45, 2.75) is 11.8 Å². The summed E-state index contributed by atoms with van der Waals surface area (Å²) in [5.41, 5.74) is 3.40. The van der Waals surface area contributed by atoms with E-state index < -0.39 is 10.0 Å². The number of aromatic nitrogens is 1. The Hall–Kier alpha value is -3.52. The van der Waals surface area contributed by atoms with E-state index in [1.54, 1.807) is 30.3 Å². The van der Waals surface area contributed by atoms with Crippen molar-refractivity contribution in [2.75, 3.05) is 18.9 Å².